The number of hydrogen-bond acceptors (Lipinski definition) is 3. The lowest BCUT2D eigenvalue weighted by molar-refractivity contribution is -0.717. The summed E-state index contributed by atoms with van der Waals surface area (Å²) in [5, 5.41) is 13.2. The highest BCUT2D eigenvalue weighted by Gasteiger charge is 2.15. The largest absolute Gasteiger partial charge is 0.487 e. The molecule has 0 unspecified atom stereocenters. The maximum atomic E-state index is 10.9. The molecule has 0 aliphatic rings. The van der Waals surface area contributed by atoms with Crippen molar-refractivity contribution in [2.24, 2.45) is 0 Å². The summed E-state index contributed by atoms with van der Waals surface area (Å²) in [6.07, 6.45) is 1.94. The van der Waals surface area contributed by atoms with Crippen LogP contribution in [0, 0.1) is 17.0 Å². The Balaban J connectivity index is 2.37. The summed E-state index contributed by atoms with van der Waals surface area (Å²) >= 11 is 0. The molecule has 0 saturated carbocycles. The molecule has 0 saturated heterocycles. The number of aryl methyl sites for hydroxylation is 1. The number of ether oxygens (including phenoxy) is 1. The summed E-state index contributed by atoms with van der Waals surface area (Å²) in [7, 11) is 0. The number of benzene rings is 1. The van der Waals surface area contributed by atoms with Crippen LogP contribution in [0.3, 0.4) is 0 Å². The molecular weight excluding hydrogens is 256 g/mol. The predicted octanol–water partition coefficient (Wildman–Crippen LogP) is 2.42. The molecule has 0 spiro atoms. The van der Waals surface area contributed by atoms with Crippen molar-refractivity contribution in [3.63, 3.8) is 0 Å². The highest BCUT2D eigenvalue weighted by molar-refractivity contribution is 5.48. The van der Waals surface area contributed by atoms with Gasteiger partial charge in [-0.3, -0.25) is 10.1 Å². The lowest BCUT2D eigenvalue weighted by Crippen LogP contribution is -2.94. The Morgan fingerprint density at radius 3 is 2.60 bits per heavy atom. The van der Waals surface area contributed by atoms with Crippen molar-refractivity contribution < 1.29 is 15.0 Å². The molecule has 0 aromatic heterocycles. The normalized spacial score (nSPS) is 11.4. The third-order valence-electron chi connectivity index (χ3n) is 2.92. The fourth-order valence-electron chi connectivity index (χ4n) is 1.86. The zero-order chi connectivity index (χ0) is 15.2. The molecule has 1 rings (SSSR count). The summed E-state index contributed by atoms with van der Waals surface area (Å²) in [5.41, 5.74) is 1.16. The van der Waals surface area contributed by atoms with E-state index in [0.29, 0.717) is 12.4 Å². The molecule has 5 heteroatoms. The minimum atomic E-state index is -0.393. The Morgan fingerprint density at radius 2 is 2.00 bits per heavy atom. The molecule has 2 N–H and O–H groups in total. The number of nitro groups is 1. The molecule has 0 aliphatic heterocycles. The first-order valence-electron chi connectivity index (χ1n) is 7.02. The molecule has 0 radical (unpaired) electrons. The van der Waals surface area contributed by atoms with E-state index < -0.39 is 4.92 Å². The molecule has 5 nitrogen and oxygen atoms in total. The molecule has 20 heavy (non-hydrogen) atoms. The Labute approximate surface area is 120 Å². The van der Waals surface area contributed by atoms with Gasteiger partial charge in [-0.1, -0.05) is 6.07 Å². The number of unbranched alkanes of at least 4 members (excludes halogenated alkanes) is 1. The van der Waals surface area contributed by atoms with Crippen molar-refractivity contribution in [3.05, 3.63) is 33.9 Å². The van der Waals surface area contributed by atoms with Crippen LogP contribution >= 0.6 is 0 Å². The molecule has 0 atom stereocenters. The van der Waals surface area contributed by atoms with Crippen molar-refractivity contribution >= 4 is 5.69 Å². The first-order chi connectivity index (χ1) is 9.29. The van der Waals surface area contributed by atoms with E-state index in [1.54, 1.807) is 12.1 Å². The quantitative estimate of drug-likeness (QED) is 0.474. The second-order valence-electron chi connectivity index (χ2n) is 6.14. The topological polar surface area (TPSA) is 69.0 Å². The van der Waals surface area contributed by atoms with Gasteiger partial charge in [0, 0.05) is 6.07 Å². The maximum Gasteiger partial charge on any atom is 0.311 e. The van der Waals surface area contributed by atoms with Crippen LogP contribution in [0.4, 0.5) is 5.69 Å². The number of quaternary nitrogens is 1. The molecule has 0 fully saturated rings. The van der Waals surface area contributed by atoms with Gasteiger partial charge in [-0.25, -0.2) is 0 Å². The Bertz CT molecular complexity index is 453. The number of rotatable bonds is 7. The van der Waals surface area contributed by atoms with E-state index in [2.05, 4.69) is 26.1 Å². The van der Waals surface area contributed by atoms with Crippen molar-refractivity contribution in [3.8, 4) is 5.75 Å². The lowest BCUT2D eigenvalue weighted by atomic mass is 10.1. The van der Waals surface area contributed by atoms with Crippen molar-refractivity contribution in [1.82, 2.24) is 0 Å². The van der Waals surface area contributed by atoms with E-state index in [1.807, 2.05) is 13.0 Å². The van der Waals surface area contributed by atoms with Crippen LogP contribution in [-0.2, 0) is 0 Å². The third-order valence-corrected chi connectivity index (χ3v) is 2.92. The van der Waals surface area contributed by atoms with Crippen LogP contribution in [-0.4, -0.2) is 23.6 Å². The van der Waals surface area contributed by atoms with E-state index in [9.17, 15) is 10.1 Å². The molecule has 0 amide bonds. The minimum Gasteiger partial charge on any atom is -0.487 e. The van der Waals surface area contributed by atoms with Gasteiger partial charge in [0.15, 0.2) is 5.75 Å². The van der Waals surface area contributed by atoms with E-state index in [4.69, 9.17) is 4.74 Å². The van der Waals surface area contributed by atoms with Gasteiger partial charge in [0.1, 0.15) is 0 Å². The van der Waals surface area contributed by atoms with Crippen molar-refractivity contribution in [2.75, 3.05) is 13.2 Å². The number of nitrogens with zero attached hydrogens (tertiary/aromatic N) is 1. The Morgan fingerprint density at radius 1 is 1.30 bits per heavy atom. The fraction of sp³-hybridized carbons (Fsp3) is 0.600. The minimum absolute atomic E-state index is 0.0475. The van der Waals surface area contributed by atoms with Gasteiger partial charge in [0.2, 0.25) is 0 Å². The highest BCUT2D eigenvalue weighted by Crippen LogP contribution is 2.27. The van der Waals surface area contributed by atoms with Gasteiger partial charge in [-0.05, 0) is 52.2 Å². The average Bonchev–Trinajstić information content (AvgIpc) is 2.33. The van der Waals surface area contributed by atoms with Crippen LogP contribution in [0.5, 0.6) is 5.75 Å². The second kappa shape index (κ2) is 7.24. The first kappa shape index (κ1) is 16.4. The van der Waals surface area contributed by atoms with E-state index >= 15 is 0 Å². The summed E-state index contributed by atoms with van der Waals surface area (Å²) in [6, 6.07) is 5.05. The van der Waals surface area contributed by atoms with Gasteiger partial charge in [0.05, 0.1) is 23.6 Å². The monoisotopic (exact) mass is 281 g/mol. The fourth-order valence-corrected chi connectivity index (χ4v) is 1.86. The SMILES string of the molecule is Cc1ccc(OCCCC[NH2+]C(C)(C)C)c([N+](=O)[O-])c1. The molecule has 0 aliphatic carbocycles. The van der Waals surface area contributed by atoms with Gasteiger partial charge in [-0.15, -0.1) is 0 Å². The number of nitrogens with two attached hydrogens (primary N) is 1. The van der Waals surface area contributed by atoms with E-state index in [0.717, 1.165) is 24.9 Å². The van der Waals surface area contributed by atoms with Crippen LogP contribution < -0.4 is 10.1 Å². The summed E-state index contributed by atoms with van der Waals surface area (Å²) in [6.45, 7) is 9.93. The van der Waals surface area contributed by atoms with Gasteiger partial charge >= 0.3 is 5.69 Å². The van der Waals surface area contributed by atoms with E-state index in [-0.39, 0.29) is 11.2 Å². The standard InChI is InChI=1S/C15H24N2O3/c1-12-7-8-14(13(11-12)17(18)19)20-10-6-5-9-16-15(2,3)4/h7-8,11,16H,5-6,9-10H2,1-4H3/p+1. The summed E-state index contributed by atoms with van der Waals surface area (Å²) in [5.74, 6) is 0.361. The molecular formula is C15H25N2O3+. The maximum absolute atomic E-state index is 10.9. The highest BCUT2D eigenvalue weighted by atomic mass is 16.6. The Hall–Kier alpha value is -1.62. The summed E-state index contributed by atoms with van der Waals surface area (Å²) in [4.78, 5) is 10.5. The van der Waals surface area contributed by atoms with Crippen molar-refractivity contribution in [1.29, 1.82) is 0 Å². The predicted molar refractivity (Wildman–Crippen MR) is 79.1 cm³/mol. The molecule has 1 aromatic rings. The molecule has 0 heterocycles. The van der Waals surface area contributed by atoms with Gasteiger partial charge < -0.3 is 10.1 Å². The molecule has 112 valence electrons. The van der Waals surface area contributed by atoms with Gasteiger partial charge in [0.25, 0.3) is 0 Å². The van der Waals surface area contributed by atoms with Crippen LogP contribution in [0.2, 0.25) is 0 Å². The molecule has 0 bridgehead atoms. The van der Waals surface area contributed by atoms with Crippen LogP contribution in [0.25, 0.3) is 0 Å². The zero-order valence-electron chi connectivity index (χ0n) is 12.8. The lowest BCUT2D eigenvalue weighted by Gasteiger charge is -2.16. The summed E-state index contributed by atoms with van der Waals surface area (Å²) < 4.78 is 5.53. The smallest absolute Gasteiger partial charge is 0.311 e. The van der Waals surface area contributed by atoms with Gasteiger partial charge in [-0.2, -0.15) is 0 Å². The third kappa shape index (κ3) is 6.02. The van der Waals surface area contributed by atoms with E-state index in [1.165, 1.54) is 0 Å². The first-order valence-corrected chi connectivity index (χ1v) is 7.02. The average molecular weight is 281 g/mol. The second-order valence-corrected chi connectivity index (χ2v) is 6.14. The number of hydrogen-bond donors (Lipinski definition) is 1. The van der Waals surface area contributed by atoms with Crippen molar-refractivity contribution in [2.45, 2.75) is 46.1 Å². The number of nitro benzene ring substituents is 1. The Kier molecular flexibility index (Phi) is 5.95. The zero-order valence-corrected chi connectivity index (χ0v) is 12.8. The van der Waals surface area contributed by atoms with Crippen LogP contribution in [0.1, 0.15) is 39.2 Å². The van der Waals surface area contributed by atoms with Crippen LogP contribution in [0.15, 0.2) is 18.2 Å². The molecule has 1 aromatic carbocycles.